The zero-order valence-electron chi connectivity index (χ0n) is 14.8. The number of halogens is 1. The third kappa shape index (κ3) is 5.27. The Morgan fingerprint density at radius 1 is 1.12 bits per heavy atom. The van der Waals surface area contributed by atoms with Gasteiger partial charge in [-0.3, -0.25) is 4.79 Å². The lowest BCUT2D eigenvalue weighted by Crippen LogP contribution is -2.31. The molecule has 0 aromatic heterocycles. The van der Waals surface area contributed by atoms with E-state index in [-0.39, 0.29) is 29.3 Å². The Morgan fingerprint density at radius 3 is 2.23 bits per heavy atom. The van der Waals surface area contributed by atoms with E-state index in [1.54, 1.807) is 20.9 Å². The molecule has 8 heteroatoms. The summed E-state index contributed by atoms with van der Waals surface area (Å²) < 4.78 is 44.9. The van der Waals surface area contributed by atoms with Crippen LogP contribution in [0.1, 0.15) is 13.8 Å². The van der Waals surface area contributed by atoms with Crippen LogP contribution in [0.2, 0.25) is 0 Å². The summed E-state index contributed by atoms with van der Waals surface area (Å²) in [5.74, 6) is -0.336. The van der Waals surface area contributed by atoms with Crippen LogP contribution in [0.3, 0.4) is 0 Å². The molecule has 2 rings (SSSR count). The molecule has 0 radical (unpaired) electrons. The number of sulfonamides is 1. The molecule has 0 saturated carbocycles. The van der Waals surface area contributed by atoms with Crippen molar-refractivity contribution in [3.8, 4) is 5.75 Å². The highest BCUT2D eigenvalue weighted by Crippen LogP contribution is 2.17. The molecule has 26 heavy (non-hydrogen) atoms. The molecule has 0 unspecified atom stereocenters. The Bertz CT molecular complexity index is 850. The number of anilines is 1. The molecule has 0 atom stereocenters. The van der Waals surface area contributed by atoms with Gasteiger partial charge in [0.05, 0.1) is 4.90 Å². The van der Waals surface area contributed by atoms with Crippen molar-refractivity contribution in [1.29, 1.82) is 0 Å². The number of carbonyl (C=O) groups excluding carboxylic acids is 1. The van der Waals surface area contributed by atoms with E-state index in [2.05, 4.69) is 4.72 Å². The molecule has 0 aliphatic heterocycles. The topological polar surface area (TPSA) is 75.7 Å². The van der Waals surface area contributed by atoms with Crippen molar-refractivity contribution in [1.82, 2.24) is 4.72 Å². The second-order valence-electron chi connectivity index (χ2n) is 5.97. The summed E-state index contributed by atoms with van der Waals surface area (Å²) in [4.78, 5) is 13.6. The molecular weight excluding hydrogens is 359 g/mol. The largest absolute Gasteiger partial charge is 0.484 e. The third-order valence-corrected chi connectivity index (χ3v) is 5.15. The number of amides is 1. The van der Waals surface area contributed by atoms with Crippen LogP contribution in [0.4, 0.5) is 10.1 Å². The fourth-order valence-corrected chi connectivity index (χ4v) is 3.40. The number of benzene rings is 2. The molecule has 0 fully saturated rings. The summed E-state index contributed by atoms with van der Waals surface area (Å²) in [6, 6.07) is 11.1. The highest BCUT2D eigenvalue weighted by molar-refractivity contribution is 7.89. The standard InChI is InChI=1S/C18H21FN2O4S/c1-13(2)20-26(23,24)17-10-8-16(9-11-17)25-12-18(22)21(3)15-6-4-14(19)5-7-15/h4-11,13,20H,12H2,1-3H3. The number of hydrogen-bond acceptors (Lipinski definition) is 4. The van der Waals surface area contributed by atoms with Crippen molar-refractivity contribution in [2.24, 2.45) is 0 Å². The summed E-state index contributed by atoms with van der Waals surface area (Å²) in [5, 5.41) is 0. The minimum atomic E-state index is -3.57. The van der Waals surface area contributed by atoms with Crippen LogP contribution < -0.4 is 14.4 Å². The summed E-state index contributed by atoms with van der Waals surface area (Å²) >= 11 is 0. The van der Waals surface area contributed by atoms with Crippen molar-refractivity contribution >= 4 is 21.6 Å². The van der Waals surface area contributed by atoms with Gasteiger partial charge in [0.2, 0.25) is 10.0 Å². The fraction of sp³-hybridized carbons (Fsp3) is 0.278. The van der Waals surface area contributed by atoms with Gasteiger partial charge < -0.3 is 9.64 Å². The van der Waals surface area contributed by atoms with Gasteiger partial charge in [0.15, 0.2) is 6.61 Å². The number of nitrogens with one attached hydrogen (secondary N) is 1. The molecule has 0 heterocycles. The van der Waals surface area contributed by atoms with Crippen LogP contribution in [0.15, 0.2) is 53.4 Å². The van der Waals surface area contributed by atoms with E-state index in [1.165, 1.54) is 53.4 Å². The molecule has 0 aliphatic rings. The number of rotatable bonds is 7. The van der Waals surface area contributed by atoms with E-state index in [0.29, 0.717) is 11.4 Å². The first-order valence-electron chi connectivity index (χ1n) is 7.96. The van der Waals surface area contributed by atoms with E-state index in [9.17, 15) is 17.6 Å². The monoisotopic (exact) mass is 380 g/mol. The quantitative estimate of drug-likeness (QED) is 0.801. The molecule has 0 spiro atoms. The molecule has 1 N–H and O–H groups in total. The minimum Gasteiger partial charge on any atom is -0.484 e. The van der Waals surface area contributed by atoms with Gasteiger partial charge in [-0.25, -0.2) is 17.5 Å². The van der Waals surface area contributed by atoms with Gasteiger partial charge >= 0.3 is 0 Å². The first kappa shape index (κ1) is 19.9. The van der Waals surface area contributed by atoms with E-state index < -0.39 is 10.0 Å². The van der Waals surface area contributed by atoms with Crippen LogP contribution in [-0.4, -0.2) is 34.0 Å². The maximum Gasteiger partial charge on any atom is 0.264 e. The molecule has 6 nitrogen and oxygen atoms in total. The van der Waals surface area contributed by atoms with Crippen LogP contribution in [0.25, 0.3) is 0 Å². The maximum atomic E-state index is 12.9. The lowest BCUT2D eigenvalue weighted by Gasteiger charge is -2.17. The van der Waals surface area contributed by atoms with Crippen molar-refractivity contribution < 1.29 is 22.3 Å². The first-order chi connectivity index (χ1) is 12.2. The molecule has 1 amide bonds. The Morgan fingerprint density at radius 2 is 1.69 bits per heavy atom. The Hall–Kier alpha value is -2.45. The Balaban J connectivity index is 1.97. The summed E-state index contributed by atoms with van der Waals surface area (Å²) in [5.41, 5.74) is 0.543. The second-order valence-corrected chi connectivity index (χ2v) is 7.68. The normalized spacial score (nSPS) is 11.4. The fourth-order valence-electron chi connectivity index (χ4n) is 2.14. The predicted octanol–water partition coefficient (Wildman–Crippen LogP) is 2.55. The number of likely N-dealkylation sites (N-methyl/N-ethyl adjacent to an activating group) is 1. The van der Waals surface area contributed by atoms with Gasteiger partial charge in [-0.05, 0) is 62.4 Å². The lowest BCUT2D eigenvalue weighted by atomic mass is 10.3. The third-order valence-electron chi connectivity index (χ3n) is 3.48. The van der Waals surface area contributed by atoms with Crippen molar-refractivity contribution in [2.75, 3.05) is 18.6 Å². The highest BCUT2D eigenvalue weighted by atomic mass is 32.2. The molecular formula is C18H21FN2O4S. The van der Waals surface area contributed by atoms with Crippen LogP contribution in [-0.2, 0) is 14.8 Å². The predicted molar refractivity (Wildman–Crippen MR) is 97.2 cm³/mol. The van der Waals surface area contributed by atoms with Crippen LogP contribution in [0.5, 0.6) is 5.75 Å². The number of ether oxygens (including phenoxy) is 1. The van der Waals surface area contributed by atoms with Gasteiger partial charge in [-0.2, -0.15) is 0 Å². The van der Waals surface area contributed by atoms with E-state index in [1.807, 2.05) is 0 Å². The summed E-state index contributed by atoms with van der Waals surface area (Å²) in [7, 11) is -2.01. The summed E-state index contributed by atoms with van der Waals surface area (Å²) in [6.07, 6.45) is 0. The average molecular weight is 380 g/mol. The summed E-state index contributed by atoms with van der Waals surface area (Å²) in [6.45, 7) is 3.24. The van der Waals surface area contributed by atoms with Crippen molar-refractivity contribution in [2.45, 2.75) is 24.8 Å². The van der Waals surface area contributed by atoms with Gasteiger partial charge in [0.25, 0.3) is 5.91 Å². The second kappa shape index (κ2) is 8.29. The zero-order chi connectivity index (χ0) is 19.3. The van der Waals surface area contributed by atoms with Crippen molar-refractivity contribution in [3.05, 3.63) is 54.3 Å². The van der Waals surface area contributed by atoms with Gasteiger partial charge in [-0.1, -0.05) is 0 Å². The molecule has 140 valence electrons. The molecule has 2 aromatic rings. The van der Waals surface area contributed by atoms with E-state index >= 15 is 0 Å². The molecule has 2 aromatic carbocycles. The Labute approximate surface area is 152 Å². The first-order valence-corrected chi connectivity index (χ1v) is 9.44. The number of hydrogen-bond donors (Lipinski definition) is 1. The van der Waals surface area contributed by atoms with Gasteiger partial charge in [0.1, 0.15) is 11.6 Å². The smallest absolute Gasteiger partial charge is 0.264 e. The highest BCUT2D eigenvalue weighted by Gasteiger charge is 2.16. The van der Waals surface area contributed by atoms with Crippen molar-refractivity contribution in [3.63, 3.8) is 0 Å². The molecule has 0 aliphatic carbocycles. The van der Waals surface area contributed by atoms with Gasteiger partial charge in [-0.15, -0.1) is 0 Å². The van der Waals surface area contributed by atoms with Crippen LogP contribution >= 0.6 is 0 Å². The number of nitrogens with zero attached hydrogens (tertiary/aromatic N) is 1. The minimum absolute atomic E-state index is 0.119. The van der Waals surface area contributed by atoms with E-state index in [0.717, 1.165) is 0 Å². The average Bonchev–Trinajstić information content (AvgIpc) is 2.59. The maximum absolute atomic E-state index is 12.9. The molecule has 0 saturated heterocycles. The number of carbonyl (C=O) groups is 1. The van der Waals surface area contributed by atoms with Gasteiger partial charge in [0, 0.05) is 18.8 Å². The SMILES string of the molecule is CC(C)NS(=O)(=O)c1ccc(OCC(=O)N(C)c2ccc(F)cc2)cc1. The molecule has 0 bridgehead atoms. The van der Waals surface area contributed by atoms with E-state index in [4.69, 9.17) is 4.74 Å². The van der Waals surface area contributed by atoms with Crippen LogP contribution in [0, 0.1) is 5.82 Å². The Kier molecular flexibility index (Phi) is 6.33. The zero-order valence-corrected chi connectivity index (χ0v) is 15.6. The lowest BCUT2D eigenvalue weighted by molar-refractivity contribution is -0.120.